The highest BCUT2D eigenvalue weighted by Gasteiger charge is 2.10. The van der Waals surface area contributed by atoms with E-state index < -0.39 is 0 Å². The van der Waals surface area contributed by atoms with Crippen molar-refractivity contribution in [1.82, 2.24) is 30.4 Å². The highest BCUT2D eigenvalue weighted by molar-refractivity contribution is 8.00. The Balaban J connectivity index is 1.55. The van der Waals surface area contributed by atoms with E-state index in [1.165, 1.54) is 11.3 Å². The zero-order valence-electron chi connectivity index (χ0n) is 14.0. The SMILES string of the molecule is CCCCn1nnnc1CSc1nnc(Nc2ccc(OC)cc2)s1. The Morgan fingerprint density at radius 3 is 2.80 bits per heavy atom. The number of hydrogen-bond donors (Lipinski definition) is 1. The van der Waals surface area contributed by atoms with E-state index in [9.17, 15) is 0 Å². The van der Waals surface area contributed by atoms with Gasteiger partial charge in [-0.1, -0.05) is 36.4 Å². The summed E-state index contributed by atoms with van der Waals surface area (Å²) in [6, 6.07) is 7.67. The summed E-state index contributed by atoms with van der Waals surface area (Å²) in [5, 5.41) is 24.2. The number of benzene rings is 1. The van der Waals surface area contributed by atoms with Crippen molar-refractivity contribution in [2.75, 3.05) is 12.4 Å². The fourth-order valence-electron chi connectivity index (χ4n) is 2.05. The Morgan fingerprint density at radius 1 is 1.20 bits per heavy atom. The van der Waals surface area contributed by atoms with Crippen LogP contribution in [-0.2, 0) is 12.3 Å². The van der Waals surface area contributed by atoms with Gasteiger partial charge in [0.05, 0.1) is 12.9 Å². The normalized spacial score (nSPS) is 10.8. The van der Waals surface area contributed by atoms with Gasteiger partial charge in [-0.25, -0.2) is 4.68 Å². The van der Waals surface area contributed by atoms with Gasteiger partial charge in [-0.15, -0.1) is 15.3 Å². The number of unbranched alkanes of at least 4 members (excludes halogenated alkanes) is 1. The maximum absolute atomic E-state index is 5.15. The van der Waals surface area contributed by atoms with Crippen LogP contribution in [0.1, 0.15) is 25.6 Å². The summed E-state index contributed by atoms with van der Waals surface area (Å²) in [6.45, 7) is 3.00. The first-order valence-corrected chi connectivity index (χ1v) is 9.71. The molecular formula is C15H19N7OS2. The molecule has 0 amide bonds. The van der Waals surface area contributed by atoms with Crippen LogP contribution in [-0.4, -0.2) is 37.5 Å². The minimum Gasteiger partial charge on any atom is -0.497 e. The third-order valence-corrected chi connectivity index (χ3v) is 5.37. The predicted molar refractivity (Wildman–Crippen MR) is 98.5 cm³/mol. The van der Waals surface area contributed by atoms with E-state index in [1.807, 2.05) is 28.9 Å². The van der Waals surface area contributed by atoms with E-state index in [-0.39, 0.29) is 0 Å². The molecule has 3 aromatic rings. The lowest BCUT2D eigenvalue weighted by atomic mass is 10.3. The highest BCUT2D eigenvalue weighted by Crippen LogP contribution is 2.29. The van der Waals surface area contributed by atoms with Crippen LogP contribution in [0.25, 0.3) is 0 Å². The Morgan fingerprint density at radius 2 is 2.04 bits per heavy atom. The first-order chi connectivity index (χ1) is 12.3. The van der Waals surface area contributed by atoms with Crippen molar-refractivity contribution >= 4 is 33.9 Å². The van der Waals surface area contributed by atoms with E-state index in [2.05, 4.69) is 38.0 Å². The quantitative estimate of drug-likeness (QED) is 0.568. The standard InChI is InChI=1S/C15H19N7OS2/c1-3-4-9-22-13(17-20-21-22)10-24-15-19-18-14(25-15)16-11-5-7-12(23-2)8-6-11/h5-8H,3-4,9-10H2,1-2H3,(H,16,18). The van der Waals surface area contributed by atoms with Gasteiger partial charge in [0.25, 0.3) is 0 Å². The minimum atomic E-state index is 0.674. The van der Waals surface area contributed by atoms with Crippen molar-refractivity contribution in [2.24, 2.45) is 0 Å². The molecule has 25 heavy (non-hydrogen) atoms. The number of anilines is 2. The van der Waals surface area contributed by atoms with Crippen molar-refractivity contribution in [2.45, 2.75) is 36.4 Å². The molecule has 0 unspecified atom stereocenters. The van der Waals surface area contributed by atoms with Gasteiger partial charge in [0.15, 0.2) is 10.2 Å². The molecular weight excluding hydrogens is 358 g/mol. The summed E-state index contributed by atoms with van der Waals surface area (Å²) in [7, 11) is 1.65. The number of aryl methyl sites for hydroxylation is 1. The molecule has 0 atom stereocenters. The molecule has 8 nitrogen and oxygen atoms in total. The lowest BCUT2D eigenvalue weighted by Crippen LogP contribution is -2.04. The maximum atomic E-state index is 5.15. The average Bonchev–Trinajstić information content (AvgIpc) is 3.28. The number of rotatable bonds is 9. The molecule has 10 heteroatoms. The number of methoxy groups -OCH3 is 1. The Kier molecular flexibility index (Phi) is 6.18. The van der Waals surface area contributed by atoms with Crippen LogP contribution in [0, 0.1) is 0 Å². The monoisotopic (exact) mass is 377 g/mol. The van der Waals surface area contributed by atoms with Crippen LogP contribution in [0.4, 0.5) is 10.8 Å². The van der Waals surface area contributed by atoms with Crippen molar-refractivity contribution in [3.63, 3.8) is 0 Å². The number of thioether (sulfide) groups is 1. The maximum Gasteiger partial charge on any atom is 0.210 e. The van der Waals surface area contributed by atoms with E-state index >= 15 is 0 Å². The molecule has 0 aliphatic heterocycles. The van der Waals surface area contributed by atoms with Crippen LogP contribution < -0.4 is 10.1 Å². The second-order valence-corrected chi connectivity index (χ2v) is 7.39. The molecule has 0 saturated carbocycles. The smallest absolute Gasteiger partial charge is 0.210 e. The molecule has 132 valence electrons. The van der Waals surface area contributed by atoms with E-state index in [1.54, 1.807) is 18.9 Å². The third-order valence-electron chi connectivity index (χ3n) is 3.40. The van der Waals surface area contributed by atoms with Gasteiger partial charge in [0.2, 0.25) is 5.13 Å². The van der Waals surface area contributed by atoms with Gasteiger partial charge >= 0.3 is 0 Å². The van der Waals surface area contributed by atoms with Gasteiger partial charge in [-0.2, -0.15) is 0 Å². The fraction of sp³-hybridized carbons (Fsp3) is 0.400. The molecule has 0 aliphatic rings. The van der Waals surface area contributed by atoms with Crippen LogP contribution in [0.2, 0.25) is 0 Å². The van der Waals surface area contributed by atoms with Gasteiger partial charge < -0.3 is 10.1 Å². The molecule has 0 spiro atoms. The molecule has 0 saturated heterocycles. The molecule has 2 aromatic heterocycles. The summed E-state index contributed by atoms with van der Waals surface area (Å²) in [5.41, 5.74) is 0.942. The molecule has 2 heterocycles. The summed E-state index contributed by atoms with van der Waals surface area (Å²) in [4.78, 5) is 0. The first-order valence-electron chi connectivity index (χ1n) is 7.91. The predicted octanol–water partition coefficient (Wildman–Crippen LogP) is 3.37. The Labute approximate surface area is 154 Å². The third kappa shape index (κ3) is 4.89. The summed E-state index contributed by atoms with van der Waals surface area (Å²) in [5.74, 6) is 2.35. The van der Waals surface area contributed by atoms with Gasteiger partial charge in [0, 0.05) is 12.2 Å². The van der Waals surface area contributed by atoms with E-state index in [0.29, 0.717) is 5.75 Å². The van der Waals surface area contributed by atoms with Crippen molar-refractivity contribution in [1.29, 1.82) is 0 Å². The number of nitrogens with one attached hydrogen (secondary N) is 1. The van der Waals surface area contributed by atoms with Crippen LogP contribution in [0.3, 0.4) is 0 Å². The first kappa shape index (κ1) is 17.6. The lowest BCUT2D eigenvalue weighted by molar-refractivity contribution is 0.415. The zero-order valence-corrected chi connectivity index (χ0v) is 15.7. The molecule has 0 radical (unpaired) electrons. The largest absolute Gasteiger partial charge is 0.497 e. The van der Waals surface area contributed by atoms with E-state index in [0.717, 1.165) is 46.1 Å². The fourth-order valence-corrected chi connectivity index (χ4v) is 3.76. The zero-order chi connectivity index (χ0) is 17.5. The highest BCUT2D eigenvalue weighted by atomic mass is 32.2. The van der Waals surface area contributed by atoms with Crippen molar-refractivity contribution < 1.29 is 4.74 Å². The average molecular weight is 377 g/mol. The van der Waals surface area contributed by atoms with Gasteiger partial charge in [-0.05, 0) is 41.1 Å². The molecule has 0 aliphatic carbocycles. The van der Waals surface area contributed by atoms with E-state index in [4.69, 9.17) is 4.74 Å². The van der Waals surface area contributed by atoms with Crippen molar-refractivity contribution in [3.8, 4) is 5.75 Å². The molecule has 3 rings (SSSR count). The van der Waals surface area contributed by atoms with Gasteiger partial charge in [0.1, 0.15) is 5.75 Å². The van der Waals surface area contributed by atoms with Crippen LogP contribution in [0.5, 0.6) is 5.75 Å². The summed E-state index contributed by atoms with van der Waals surface area (Å²) >= 11 is 3.09. The Bertz CT molecular complexity index is 787. The van der Waals surface area contributed by atoms with Crippen LogP contribution >= 0.6 is 23.1 Å². The topological polar surface area (TPSA) is 90.6 Å². The molecule has 1 N–H and O–H groups in total. The number of tetrazole rings is 1. The number of nitrogens with zero attached hydrogens (tertiary/aromatic N) is 6. The molecule has 0 fully saturated rings. The van der Waals surface area contributed by atoms with Crippen LogP contribution in [0.15, 0.2) is 28.6 Å². The molecule has 0 bridgehead atoms. The lowest BCUT2D eigenvalue weighted by Gasteiger charge is -2.03. The Hall–Kier alpha value is -2.20. The van der Waals surface area contributed by atoms with Gasteiger partial charge in [-0.3, -0.25) is 0 Å². The molecule has 1 aromatic carbocycles. The second kappa shape index (κ2) is 8.77. The second-order valence-electron chi connectivity index (χ2n) is 5.19. The summed E-state index contributed by atoms with van der Waals surface area (Å²) < 4.78 is 7.88. The summed E-state index contributed by atoms with van der Waals surface area (Å²) in [6.07, 6.45) is 2.18. The number of ether oxygens (including phenoxy) is 1. The minimum absolute atomic E-state index is 0.674. The number of hydrogen-bond acceptors (Lipinski definition) is 9. The number of aromatic nitrogens is 6. The van der Waals surface area contributed by atoms with Crippen molar-refractivity contribution in [3.05, 3.63) is 30.1 Å².